The van der Waals surface area contributed by atoms with Gasteiger partial charge in [0.15, 0.2) is 0 Å². The third-order valence-corrected chi connectivity index (χ3v) is 4.57. The summed E-state index contributed by atoms with van der Waals surface area (Å²) in [6, 6.07) is 18.9. The molecular weight excluding hydrogens is 350 g/mol. The first kappa shape index (κ1) is 17.0. The predicted octanol–water partition coefficient (Wildman–Crippen LogP) is 5.16. The van der Waals surface area contributed by atoms with Gasteiger partial charge in [-0.05, 0) is 23.3 Å². The Morgan fingerprint density at radius 3 is 2.23 bits per heavy atom. The first-order valence-electron chi connectivity index (χ1n) is 7.49. The Bertz CT molecular complexity index is 648. The standard InChI is InChI=1S/C19H22BrNSi/c1-22(2,3)14-13-19(17-9-11-18(20)12-10-17)21-15-16-7-5-4-6-8-16/h4-12,19,21H,15H2,1-3H3. The van der Waals surface area contributed by atoms with Crippen LogP contribution in [0.4, 0.5) is 0 Å². The molecule has 0 fully saturated rings. The van der Waals surface area contributed by atoms with E-state index in [1.807, 2.05) is 6.07 Å². The molecule has 0 heterocycles. The number of halogens is 1. The Morgan fingerprint density at radius 2 is 1.64 bits per heavy atom. The second-order valence-electron chi connectivity index (χ2n) is 6.37. The van der Waals surface area contributed by atoms with E-state index >= 15 is 0 Å². The topological polar surface area (TPSA) is 12.0 Å². The van der Waals surface area contributed by atoms with Gasteiger partial charge in [0.2, 0.25) is 0 Å². The molecule has 0 aliphatic carbocycles. The lowest BCUT2D eigenvalue weighted by molar-refractivity contribution is 0.636. The van der Waals surface area contributed by atoms with Crippen LogP contribution in [-0.2, 0) is 6.54 Å². The van der Waals surface area contributed by atoms with Crippen molar-refractivity contribution in [1.29, 1.82) is 0 Å². The van der Waals surface area contributed by atoms with Crippen LogP contribution in [0.1, 0.15) is 17.2 Å². The van der Waals surface area contributed by atoms with Gasteiger partial charge in [-0.3, -0.25) is 5.32 Å². The van der Waals surface area contributed by atoms with Crippen LogP contribution in [0.3, 0.4) is 0 Å². The highest BCUT2D eigenvalue weighted by Gasteiger charge is 2.11. The fourth-order valence-corrected chi connectivity index (χ4v) is 2.85. The number of hydrogen-bond acceptors (Lipinski definition) is 1. The number of hydrogen-bond donors (Lipinski definition) is 1. The summed E-state index contributed by atoms with van der Waals surface area (Å²) in [4.78, 5) is 0. The Kier molecular flexibility index (Phi) is 6.02. The van der Waals surface area contributed by atoms with Gasteiger partial charge in [-0.2, -0.15) is 0 Å². The molecule has 0 saturated heterocycles. The maximum atomic E-state index is 3.58. The highest BCUT2D eigenvalue weighted by atomic mass is 79.9. The molecule has 2 aromatic rings. The first-order valence-corrected chi connectivity index (χ1v) is 11.8. The van der Waals surface area contributed by atoms with Gasteiger partial charge in [-0.1, -0.05) is 84.0 Å². The smallest absolute Gasteiger partial charge is 0.129 e. The van der Waals surface area contributed by atoms with E-state index in [1.54, 1.807) is 0 Å². The zero-order valence-electron chi connectivity index (χ0n) is 13.4. The highest BCUT2D eigenvalue weighted by Crippen LogP contribution is 2.17. The van der Waals surface area contributed by atoms with Crippen molar-refractivity contribution in [3.8, 4) is 11.5 Å². The van der Waals surface area contributed by atoms with Gasteiger partial charge in [0.25, 0.3) is 0 Å². The zero-order chi connectivity index (χ0) is 16.0. The van der Waals surface area contributed by atoms with Gasteiger partial charge >= 0.3 is 0 Å². The molecule has 1 atom stereocenters. The van der Waals surface area contributed by atoms with Crippen molar-refractivity contribution < 1.29 is 0 Å². The van der Waals surface area contributed by atoms with Crippen LogP contribution in [0.5, 0.6) is 0 Å². The van der Waals surface area contributed by atoms with E-state index < -0.39 is 8.07 Å². The van der Waals surface area contributed by atoms with E-state index in [0.29, 0.717) is 0 Å². The van der Waals surface area contributed by atoms with Crippen LogP contribution in [0, 0.1) is 11.5 Å². The molecule has 0 aliphatic rings. The summed E-state index contributed by atoms with van der Waals surface area (Å²) in [5, 5.41) is 3.58. The largest absolute Gasteiger partial charge is 0.296 e. The summed E-state index contributed by atoms with van der Waals surface area (Å²) in [7, 11) is -1.38. The summed E-state index contributed by atoms with van der Waals surface area (Å²) in [5.74, 6) is 3.45. The minimum atomic E-state index is -1.38. The molecule has 1 nitrogen and oxygen atoms in total. The molecular formula is C19H22BrNSi. The predicted molar refractivity (Wildman–Crippen MR) is 101 cm³/mol. The second kappa shape index (κ2) is 7.78. The van der Waals surface area contributed by atoms with Crippen LogP contribution in [-0.4, -0.2) is 8.07 Å². The third-order valence-electron chi connectivity index (χ3n) is 3.15. The lowest BCUT2D eigenvalue weighted by Crippen LogP contribution is -2.22. The fraction of sp³-hybridized carbons (Fsp3) is 0.263. The number of benzene rings is 2. The minimum absolute atomic E-state index is 0.0695. The summed E-state index contributed by atoms with van der Waals surface area (Å²) >= 11 is 3.49. The molecule has 0 aliphatic heterocycles. The number of rotatable bonds is 4. The van der Waals surface area contributed by atoms with Crippen molar-refractivity contribution in [2.45, 2.75) is 32.2 Å². The maximum absolute atomic E-state index is 3.58. The average molecular weight is 372 g/mol. The minimum Gasteiger partial charge on any atom is -0.296 e. The normalized spacial score (nSPS) is 12.4. The molecule has 2 aromatic carbocycles. The second-order valence-corrected chi connectivity index (χ2v) is 12.0. The van der Waals surface area contributed by atoms with Gasteiger partial charge in [0.1, 0.15) is 8.07 Å². The summed E-state index contributed by atoms with van der Waals surface area (Å²) < 4.78 is 1.09. The van der Waals surface area contributed by atoms with Crippen molar-refractivity contribution >= 4 is 24.0 Å². The quantitative estimate of drug-likeness (QED) is 0.577. The van der Waals surface area contributed by atoms with E-state index in [4.69, 9.17) is 0 Å². The molecule has 0 amide bonds. The van der Waals surface area contributed by atoms with Crippen molar-refractivity contribution in [3.05, 3.63) is 70.2 Å². The summed E-state index contributed by atoms with van der Waals surface area (Å²) in [5.41, 5.74) is 5.98. The maximum Gasteiger partial charge on any atom is 0.129 e. The van der Waals surface area contributed by atoms with E-state index in [2.05, 4.69) is 101 Å². The SMILES string of the molecule is C[Si](C)(C)C#CC(NCc1ccccc1)c1ccc(Br)cc1. The molecule has 114 valence electrons. The Labute approximate surface area is 143 Å². The van der Waals surface area contributed by atoms with Gasteiger partial charge in [-0.15, -0.1) is 5.54 Å². The van der Waals surface area contributed by atoms with E-state index in [9.17, 15) is 0 Å². The van der Waals surface area contributed by atoms with Crippen molar-refractivity contribution in [2.24, 2.45) is 0 Å². The van der Waals surface area contributed by atoms with Crippen LogP contribution < -0.4 is 5.32 Å². The van der Waals surface area contributed by atoms with Crippen LogP contribution in [0.2, 0.25) is 19.6 Å². The van der Waals surface area contributed by atoms with E-state index in [0.717, 1.165) is 11.0 Å². The number of nitrogens with one attached hydrogen (secondary N) is 1. The fourth-order valence-electron chi connectivity index (χ4n) is 2.01. The molecule has 1 N–H and O–H groups in total. The monoisotopic (exact) mass is 371 g/mol. The lowest BCUT2D eigenvalue weighted by Gasteiger charge is -2.15. The highest BCUT2D eigenvalue weighted by molar-refractivity contribution is 9.10. The van der Waals surface area contributed by atoms with Gasteiger partial charge in [0, 0.05) is 11.0 Å². The molecule has 1 unspecified atom stereocenters. The lowest BCUT2D eigenvalue weighted by atomic mass is 10.1. The summed E-state index contributed by atoms with van der Waals surface area (Å²) in [6.45, 7) is 7.64. The van der Waals surface area contributed by atoms with Gasteiger partial charge in [0.05, 0.1) is 6.04 Å². The molecule has 0 aromatic heterocycles. The Morgan fingerprint density at radius 1 is 1.00 bits per heavy atom. The van der Waals surface area contributed by atoms with E-state index in [1.165, 1.54) is 11.1 Å². The zero-order valence-corrected chi connectivity index (χ0v) is 15.9. The van der Waals surface area contributed by atoms with Crippen LogP contribution in [0.25, 0.3) is 0 Å². The van der Waals surface area contributed by atoms with E-state index in [-0.39, 0.29) is 6.04 Å². The average Bonchev–Trinajstić information content (AvgIpc) is 2.48. The van der Waals surface area contributed by atoms with Crippen molar-refractivity contribution in [2.75, 3.05) is 0 Å². The van der Waals surface area contributed by atoms with Crippen LogP contribution >= 0.6 is 15.9 Å². The van der Waals surface area contributed by atoms with Crippen LogP contribution in [0.15, 0.2) is 59.1 Å². The molecule has 22 heavy (non-hydrogen) atoms. The Hall–Kier alpha value is -1.34. The van der Waals surface area contributed by atoms with Gasteiger partial charge < -0.3 is 0 Å². The first-order chi connectivity index (χ1) is 10.4. The molecule has 0 radical (unpaired) electrons. The molecule has 2 rings (SSSR count). The van der Waals surface area contributed by atoms with Crippen molar-refractivity contribution in [3.63, 3.8) is 0 Å². The van der Waals surface area contributed by atoms with Gasteiger partial charge in [-0.25, -0.2) is 0 Å². The Balaban J connectivity index is 2.17. The molecule has 0 spiro atoms. The van der Waals surface area contributed by atoms with Crippen molar-refractivity contribution in [1.82, 2.24) is 5.32 Å². The summed E-state index contributed by atoms with van der Waals surface area (Å²) in [6.07, 6.45) is 0. The molecule has 0 bridgehead atoms. The molecule has 3 heteroatoms. The molecule has 0 saturated carbocycles. The third kappa shape index (κ3) is 5.80.